The first-order valence-corrected chi connectivity index (χ1v) is 9.31. The molecule has 0 bridgehead atoms. The van der Waals surface area contributed by atoms with E-state index >= 15 is 0 Å². The van der Waals surface area contributed by atoms with Crippen LogP contribution in [0, 0.1) is 0 Å². The minimum atomic E-state index is -3.92. The molecule has 2 aromatic carbocycles. The van der Waals surface area contributed by atoms with Crippen molar-refractivity contribution >= 4 is 69.5 Å². The van der Waals surface area contributed by atoms with Gasteiger partial charge in [-0.05, 0) is 68.3 Å². The van der Waals surface area contributed by atoms with Gasteiger partial charge in [-0.2, -0.15) is 8.42 Å². The topological polar surface area (TPSA) is 43.4 Å². The number of halogens is 4. The zero-order chi connectivity index (χ0) is 14.9. The number of benzene rings is 2. The van der Waals surface area contributed by atoms with Gasteiger partial charge in [-0.3, -0.25) is 0 Å². The smallest absolute Gasteiger partial charge is 0.339 e. The summed E-state index contributed by atoms with van der Waals surface area (Å²) in [7, 11) is -3.92. The molecule has 20 heavy (non-hydrogen) atoms. The van der Waals surface area contributed by atoms with Gasteiger partial charge in [0.05, 0.1) is 8.95 Å². The van der Waals surface area contributed by atoms with Crippen LogP contribution in [0.3, 0.4) is 0 Å². The molecule has 0 atom stereocenters. The van der Waals surface area contributed by atoms with E-state index in [1.54, 1.807) is 12.1 Å². The van der Waals surface area contributed by atoms with E-state index in [0.717, 1.165) is 4.47 Å². The molecule has 0 N–H and O–H groups in total. The van der Waals surface area contributed by atoms with Gasteiger partial charge in [-0.1, -0.05) is 27.5 Å². The van der Waals surface area contributed by atoms with E-state index < -0.39 is 10.1 Å². The number of hydrogen-bond acceptors (Lipinski definition) is 3. The lowest BCUT2D eigenvalue weighted by molar-refractivity contribution is 0.483. The van der Waals surface area contributed by atoms with E-state index in [1.165, 1.54) is 24.3 Å². The van der Waals surface area contributed by atoms with Crippen molar-refractivity contribution in [2.24, 2.45) is 0 Å². The minimum Gasteiger partial charge on any atom is -0.377 e. The minimum absolute atomic E-state index is 0.0311. The van der Waals surface area contributed by atoms with Crippen LogP contribution in [0.4, 0.5) is 0 Å². The standard InChI is InChI=1S/C12H6Br3ClO3S/c13-7-5-10(14)12(11(15)6-7)19-20(17,18)9-3-1-8(16)2-4-9/h1-6H. The van der Waals surface area contributed by atoms with Crippen LogP contribution < -0.4 is 4.18 Å². The Kier molecular flexibility index (Phi) is 5.18. The molecule has 0 aliphatic carbocycles. The quantitative estimate of drug-likeness (QED) is 0.526. The molecule has 106 valence electrons. The predicted octanol–water partition coefficient (Wildman–Crippen LogP) is 5.40. The summed E-state index contributed by atoms with van der Waals surface area (Å²) in [5, 5.41) is 0.454. The fraction of sp³-hybridized carbons (Fsp3) is 0. The summed E-state index contributed by atoms with van der Waals surface area (Å²) in [5.74, 6) is 0.183. The second kappa shape index (κ2) is 6.36. The molecular weight excluding hydrogens is 499 g/mol. The van der Waals surface area contributed by atoms with Crippen molar-refractivity contribution in [3.05, 3.63) is 54.8 Å². The van der Waals surface area contributed by atoms with Gasteiger partial charge in [-0.15, -0.1) is 0 Å². The highest BCUT2D eigenvalue weighted by Gasteiger charge is 2.20. The van der Waals surface area contributed by atoms with Crippen molar-refractivity contribution in [2.45, 2.75) is 4.90 Å². The van der Waals surface area contributed by atoms with Crippen molar-refractivity contribution in [3.8, 4) is 5.75 Å². The summed E-state index contributed by atoms with van der Waals surface area (Å²) in [5.41, 5.74) is 0. The first kappa shape index (κ1) is 16.3. The van der Waals surface area contributed by atoms with Crippen LogP contribution in [0.15, 0.2) is 54.7 Å². The molecule has 0 amide bonds. The summed E-state index contributed by atoms with van der Waals surface area (Å²) >= 11 is 15.6. The first-order valence-electron chi connectivity index (χ1n) is 5.14. The zero-order valence-electron chi connectivity index (χ0n) is 9.61. The third-order valence-electron chi connectivity index (χ3n) is 2.26. The van der Waals surface area contributed by atoms with Gasteiger partial charge in [0.15, 0.2) is 5.75 Å². The van der Waals surface area contributed by atoms with E-state index in [4.69, 9.17) is 15.8 Å². The molecule has 0 heterocycles. The van der Waals surface area contributed by atoms with Gasteiger partial charge in [-0.25, -0.2) is 0 Å². The van der Waals surface area contributed by atoms with E-state index in [1.807, 2.05) is 0 Å². The summed E-state index contributed by atoms with van der Waals surface area (Å²) in [4.78, 5) is 0.0311. The SMILES string of the molecule is O=S(=O)(Oc1c(Br)cc(Br)cc1Br)c1ccc(Cl)cc1. The molecule has 0 unspecified atom stereocenters. The predicted molar refractivity (Wildman–Crippen MR) is 88.8 cm³/mol. The summed E-state index contributed by atoms with van der Waals surface area (Å²) in [6.07, 6.45) is 0. The molecule has 2 rings (SSSR count). The maximum absolute atomic E-state index is 12.2. The fourth-order valence-electron chi connectivity index (χ4n) is 1.37. The fourth-order valence-corrected chi connectivity index (χ4v) is 5.09. The molecule has 0 spiro atoms. The molecule has 0 saturated carbocycles. The molecule has 0 aromatic heterocycles. The lowest BCUT2D eigenvalue weighted by atomic mass is 10.3. The maximum atomic E-state index is 12.2. The van der Waals surface area contributed by atoms with Gasteiger partial charge >= 0.3 is 10.1 Å². The van der Waals surface area contributed by atoms with Crippen molar-refractivity contribution in [1.82, 2.24) is 0 Å². The molecule has 8 heteroatoms. The Labute approximate surface area is 146 Å². The van der Waals surface area contributed by atoms with Gasteiger partial charge in [0.2, 0.25) is 0 Å². The van der Waals surface area contributed by atoms with E-state index in [-0.39, 0.29) is 10.6 Å². The molecule has 0 saturated heterocycles. The summed E-state index contributed by atoms with van der Waals surface area (Å²) in [6.45, 7) is 0. The zero-order valence-corrected chi connectivity index (χ0v) is 15.9. The van der Waals surface area contributed by atoms with Crippen LogP contribution in [0.5, 0.6) is 5.75 Å². The molecule has 0 aliphatic heterocycles. The number of rotatable bonds is 3. The van der Waals surface area contributed by atoms with Crippen molar-refractivity contribution in [2.75, 3.05) is 0 Å². The molecular formula is C12H6Br3ClO3S. The van der Waals surface area contributed by atoms with Crippen molar-refractivity contribution in [1.29, 1.82) is 0 Å². The Morgan fingerprint density at radius 2 is 1.45 bits per heavy atom. The highest BCUT2D eigenvalue weighted by Crippen LogP contribution is 2.38. The lowest BCUT2D eigenvalue weighted by Gasteiger charge is -2.11. The van der Waals surface area contributed by atoms with Crippen LogP contribution in [0.2, 0.25) is 5.02 Å². The van der Waals surface area contributed by atoms with Gasteiger partial charge in [0.25, 0.3) is 0 Å². The van der Waals surface area contributed by atoms with Crippen LogP contribution in [-0.4, -0.2) is 8.42 Å². The third kappa shape index (κ3) is 3.76. The average molecular weight is 505 g/mol. The average Bonchev–Trinajstić information content (AvgIpc) is 2.34. The van der Waals surface area contributed by atoms with Crippen LogP contribution in [0.25, 0.3) is 0 Å². The highest BCUT2D eigenvalue weighted by molar-refractivity contribution is 9.11. The Bertz CT molecular complexity index is 722. The van der Waals surface area contributed by atoms with Crippen LogP contribution >= 0.6 is 59.4 Å². The van der Waals surface area contributed by atoms with Crippen molar-refractivity contribution in [3.63, 3.8) is 0 Å². The van der Waals surface area contributed by atoms with Gasteiger partial charge in [0, 0.05) is 9.50 Å². The Balaban J connectivity index is 2.41. The molecule has 0 aliphatic rings. The van der Waals surface area contributed by atoms with Gasteiger partial charge < -0.3 is 4.18 Å². The highest BCUT2D eigenvalue weighted by atomic mass is 79.9. The Morgan fingerprint density at radius 3 is 1.95 bits per heavy atom. The second-order valence-electron chi connectivity index (χ2n) is 3.69. The Morgan fingerprint density at radius 1 is 0.950 bits per heavy atom. The van der Waals surface area contributed by atoms with Crippen LogP contribution in [-0.2, 0) is 10.1 Å². The molecule has 2 aromatic rings. The normalized spacial score (nSPS) is 11.4. The largest absolute Gasteiger partial charge is 0.377 e. The van der Waals surface area contributed by atoms with Crippen molar-refractivity contribution < 1.29 is 12.6 Å². The summed E-state index contributed by atoms with van der Waals surface area (Å²) < 4.78 is 31.3. The molecule has 3 nitrogen and oxygen atoms in total. The monoisotopic (exact) mass is 502 g/mol. The first-order chi connectivity index (χ1) is 9.29. The third-order valence-corrected chi connectivity index (χ3v) is 5.38. The lowest BCUT2D eigenvalue weighted by Crippen LogP contribution is -2.10. The Hall–Kier alpha value is -0.0800. The number of hydrogen-bond donors (Lipinski definition) is 0. The summed E-state index contributed by atoms with van der Waals surface area (Å²) in [6, 6.07) is 9.14. The molecule has 0 radical (unpaired) electrons. The van der Waals surface area contributed by atoms with E-state index in [2.05, 4.69) is 47.8 Å². The van der Waals surface area contributed by atoms with Crippen LogP contribution in [0.1, 0.15) is 0 Å². The second-order valence-corrected chi connectivity index (χ2v) is 8.30. The maximum Gasteiger partial charge on any atom is 0.339 e. The van der Waals surface area contributed by atoms with E-state index in [0.29, 0.717) is 14.0 Å². The van der Waals surface area contributed by atoms with Gasteiger partial charge in [0.1, 0.15) is 4.90 Å². The van der Waals surface area contributed by atoms with E-state index in [9.17, 15) is 8.42 Å². The molecule has 0 fully saturated rings.